The highest BCUT2D eigenvalue weighted by molar-refractivity contribution is 7.80. The van der Waals surface area contributed by atoms with E-state index in [1.165, 1.54) is 0 Å². The third kappa shape index (κ3) is 8.53. The van der Waals surface area contributed by atoms with Crippen LogP contribution in [0.15, 0.2) is 30.3 Å². The standard InChI is InChI=1S/C19H28N4O5S/c1-11(2)16(19(27)28)23-15(24)9-21-18(26)14(10-29)22-17(25)13(20)8-12-6-4-3-5-7-12/h3-7,11,13-14,16,29H,8-10,20H2,1-2H3,(H,21,26)(H,22,25)(H,23,24)(H,27,28). The second-order valence-corrected chi connectivity index (χ2v) is 7.25. The molecule has 1 rings (SSSR count). The SMILES string of the molecule is CC(C)C(NC(=O)CNC(=O)C(CS)NC(=O)C(N)Cc1ccccc1)C(=O)O. The first-order chi connectivity index (χ1) is 13.6. The van der Waals surface area contributed by atoms with Crippen LogP contribution in [0.2, 0.25) is 0 Å². The van der Waals surface area contributed by atoms with Crippen molar-refractivity contribution in [3.05, 3.63) is 35.9 Å². The van der Waals surface area contributed by atoms with Gasteiger partial charge >= 0.3 is 5.97 Å². The molecule has 1 aromatic rings. The van der Waals surface area contributed by atoms with Crippen molar-refractivity contribution in [1.82, 2.24) is 16.0 Å². The zero-order valence-electron chi connectivity index (χ0n) is 16.4. The van der Waals surface area contributed by atoms with E-state index in [4.69, 9.17) is 10.8 Å². The summed E-state index contributed by atoms with van der Waals surface area (Å²) in [5, 5.41) is 16.3. The van der Waals surface area contributed by atoms with Crippen molar-refractivity contribution in [2.75, 3.05) is 12.3 Å². The van der Waals surface area contributed by atoms with Crippen LogP contribution in [0.4, 0.5) is 0 Å². The second-order valence-electron chi connectivity index (χ2n) is 6.89. The first-order valence-corrected chi connectivity index (χ1v) is 9.79. The summed E-state index contributed by atoms with van der Waals surface area (Å²) in [6.07, 6.45) is 0.307. The average molecular weight is 425 g/mol. The largest absolute Gasteiger partial charge is 0.480 e. The van der Waals surface area contributed by atoms with E-state index in [9.17, 15) is 19.2 Å². The number of carboxylic acids is 1. The summed E-state index contributed by atoms with van der Waals surface area (Å²) in [7, 11) is 0. The smallest absolute Gasteiger partial charge is 0.326 e. The van der Waals surface area contributed by atoms with Gasteiger partial charge in [0.1, 0.15) is 12.1 Å². The van der Waals surface area contributed by atoms with Crippen LogP contribution in [0.1, 0.15) is 19.4 Å². The average Bonchev–Trinajstić information content (AvgIpc) is 2.68. The predicted molar refractivity (Wildman–Crippen MR) is 111 cm³/mol. The van der Waals surface area contributed by atoms with Gasteiger partial charge in [0.25, 0.3) is 0 Å². The number of carboxylic acid groups (broad SMARTS) is 1. The fraction of sp³-hybridized carbons (Fsp3) is 0.474. The van der Waals surface area contributed by atoms with Gasteiger partial charge in [-0.05, 0) is 17.9 Å². The molecule has 6 N–H and O–H groups in total. The Kier molecular flexibility index (Phi) is 10.2. The minimum Gasteiger partial charge on any atom is -0.480 e. The lowest BCUT2D eigenvalue weighted by Gasteiger charge is -2.20. The highest BCUT2D eigenvalue weighted by Gasteiger charge is 2.25. The van der Waals surface area contributed by atoms with Crippen molar-refractivity contribution in [2.24, 2.45) is 11.7 Å². The molecule has 0 aliphatic carbocycles. The van der Waals surface area contributed by atoms with Crippen LogP contribution >= 0.6 is 12.6 Å². The number of amides is 3. The molecule has 0 spiro atoms. The molecule has 0 aliphatic heterocycles. The number of thiol groups is 1. The lowest BCUT2D eigenvalue weighted by atomic mass is 10.0. The Hall–Kier alpha value is -2.59. The highest BCUT2D eigenvalue weighted by atomic mass is 32.1. The van der Waals surface area contributed by atoms with Crippen molar-refractivity contribution >= 4 is 36.3 Å². The van der Waals surface area contributed by atoms with Gasteiger partial charge in [-0.25, -0.2) is 4.79 Å². The number of nitrogens with one attached hydrogen (secondary N) is 3. The molecule has 0 bridgehead atoms. The second kappa shape index (κ2) is 12.1. The normalized spacial score (nSPS) is 13.8. The first-order valence-electron chi connectivity index (χ1n) is 9.16. The molecule has 0 aromatic heterocycles. The fourth-order valence-corrected chi connectivity index (χ4v) is 2.72. The van der Waals surface area contributed by atoms with E-state index in [1.54, 1.807) is 13.8 Å². The zero-order chi connectivity index (χ0) is 22.0. The Morgan fingerprint density at radius 1 is 1.07 bits per heavy atom. The Bertz CT molecular complexity index is 714. The van der Waals surface area contributed by atoms with E-state index in [2.05, 4.69) is 28.6 Å². The quantitative estimate of drug-likeness (QED) is 0.259. The first kappa shape index (κ1) is 24.4. The lowest BCUT2D eigenvalue weighted by molar-refractivity contribution is -0.143. The lowest BCUT2D eigenvalue weighted by Crippen LogP contribution is -2.54. The Labute approximate surface area is 175 Å². The summed E-state index contributed by atoms with van der Waals surface area (Å²) in [4.78, 5) is 47.5. The minimum atomic E-state index is -1.16. The van der Waals surface area contributed by atoms with Gasteiger partial charge in [-0.3, -0.25) is 14.4 Å². The van der Waals surface area contributed by atoms with Gasteiger partial charge in [0.2, 0.25) is 17.7 Å². The number of carbonyl (C=O) groups excluding carboxylic acids is 3. The Morgan fingerprint density at radius 3 is 2.21 bits per heavy atom. The maximum Gasteiger partial charge on any atom is 0.326 e. The van der Waals surface area contributed by atoms with Gasteiger partial charge in [0.05, 0.1) is 12.6 Å². The number of rotatable bonds is 11. The Balaban J connectivity index is 2.53. The van der Waals surface area contributed by atoms with Crippen LogP contribution in [-0.2, 0) is 25.6 Å². The summed E-state index contributed by atoms with van der Waals surface area (Å²) in [5.41, 5.74) is 6.78. The van der Waals surface area contributed by atoms with Crippen LogP contribution in [0, 0.1) is 5.92 Å². The van der Waals surface area contributed by atoms with Gasteiger partial charge in [0, 0.05) is 5.75 Å². The van der Waals surface area contributed by atoms with E-state index in [0.717, 1.165) is 5.56 Å². The van der Waals surface area contributed by atoms with Crippen LogP contribution in [0.25, 0.3) is 0 Å². The van der Waals surface area contributed by atoms with Crippen LogP contribution < -0.4 is 21.7 Å². The van der Waals surface area contributed by atoms with Crippen molar-refractivity contribution in [2.45, 2.75) is 38.4 Å². The van der Waals surface area contributed by atoms with Crippen molar-refractivity contribution in [3.8, 4) is 0 Å². The number of aliphatic carboxylic acids is 1. The molecular formula is C19H28N4O5S. The highest BCUT2D eigenvalue weighted by Crippen LogP contribution is 2.03. The minimum absolute atomic E-state index is 0.000986. The molecule has 160 valence electrons. The third-order valence-corrected chi connectivity index (χ3v) is 4.49. The fourth-order valence-electron chi connectivity index (χ4n) is 2.46. The van der Waals surface area contributed by atoms with Gasteiger partial charge in [0.15, 0.2) is 0 Å². The van der Waals surface area contributed by atoms with Gasteiger partial charge in [-0.1, -0.05) is 44.2 Å². The molecule has 0 aliphatic rings. The van der Waals surface area contributed by atoms with E-state index >= 15 is 0 Å². The predicted octanol–water partition coefficient (Wildman–Crippen LogP) is -0.687. The molecule has 1 aromatic carbocycles. The molecule has 0 fully saturated rings. The van der Waals surface area contributed by atoms with Crippen molar-refractivity contribution < 1.29 is 24.3 Å². The molecule has 3 atom stereocenters. The summed E-state index contributed by atoms with van der Waals surface area (Å²) < 4.78 is 0. The molecule has 3 amide bonds. The number of hydrogen-bond acceptors (Lipinski definition) is 6. The maximum absolute atomic E-state index is 12.3. The maximum atomic E-state index is 12.3. The number of nitrogens with two attached hydrogens (primary N) is 1. The summed E-state index contributed by atoms with van der Waals surface area (Å²) in [6, 6.07) is 6.32. The molecule has 0 radical (unpaired) electrons. The Morgan fingerprint density at radius 2 is 1.69 bits per heavy atom. The summed E-state index contributed by atoms with van der Waals surface area (Å²) in [5.74, 6) is -3.26. The summed E-state index contributed by atoms with van der Waals surface area (Å²) in [6.45, 7) is 2.89. The third-order valence-electron chi connectivity index (χ3n) is 4.12. The summed E-state index contributed by atoms with van der Waals surface area (Å²) >= 11 is 4.06. The number of benzene rings is 1. The molecule has 0 saturated carbocycles. The van der Waals surface area contributed by atoms with Gasteiger partial charge in [-0.15, -0.1) is 0 Å². The molecule has 0 heterocycles. The molecule has 3 unspecified atom stereocenters. The van der Waals surface area contributed by atoms with Crippen molar-refractivity contribution in [1.29, 1.82) is 0 Å². The number of hydrogen-bond donors (Lipinski definition) is 6. The number of carbonyl (C=O) groups is 4. The molecule has 0 saturated heterocycles. The van der Waals surface area contributed by atoms with Gasteiger partial charge < -0.3 is 26.8 Å². The van der Waals surface area contributed by atoms with E-state index < -0.39 is 48.4 Å². The van der Waals surface area contributed by atoms with E-state index in [1.807, 2.05) is 30.3 Å². The van der Waals surface area contributed by atoms with Gasteiger partial charge in [-0.2, -0.15) is 12.6 Å². The van der Waals surface area contributed by atoms with Crippen LogP contribution in [0.3, 0.4) is 0 Å². The zero-order valence-corrected chi connectivity index (χ0v) is 17.3. The molecule has 29 heavy (non-hydrogen) atoms. The molecule has 9 nitrogen and oxygen atoms in total. The van der Waals surface area contributed by atoms with E-state index in [0.29, 0.717) is 6.42 Å². The molecular weight excluding hydrogens is 396 g/mol. The van der Waals surface area contributed by atoms with Crippen molar-refractivity contribution in [3.63, 3.8) is 0 Å². The van der Waals surface area contributed by atoms with Crippen LogP contribution in [-0.4, -0.2) is 59.2 Å². The van der Waals surface area contributed by atoms with Crippen LogP contribution in [0.5, 0.6) is 0 Å². The monoisotopic (exact) mass is 424 g/mol. The van der Waals surface area contributed by atoms with E-state index in [-0.39, 0.29) is 11.7 Å². The topological polar surface area (TPSA) is 151 Å². The molecule has 10 heteroatoms.